The molecule has 0 spiro atoms. The van der Waals surface area contributed by atoms with Gasteiger partial charge in [-0.05, 0) is 49.8 Å². The number of hydrogen-bond acceptors (Lipinski definition) is 4. The summed E-state index contributed by atoms with van der Waals surface area (Å²) in [5, 5.41) is 3.51. The number of aryl methyl sites for hydroxylation is 1. The van der Waals surface area contributed by atoms with Crippen molar-refractivity contribution in [1.82, 2.24) is 5.32 Å². The minimum absolute atomic E-state index is 0.685. The highest BCUT2D eigenvalue weighted by Gasteiger charge is 2.14. The van der Waals surface area contributed by atoms with Crippen molar-refractivity contribution >= 4 is 11.3 Å². The number of rotatable bonds is 8. The minimum Gasteiger partial charge on any atom is -0.381 e. The number of nitrogens with one attached hydrogen (secondary N) is 1. The zero-order valence-electron chi connectivity index (χ0n) is 13.6. The van der Waals surface area contributed by atoms with Gasteiger partial charge in [-0.15, -0.1) is 11.3 Å². The Kier molecular flexibility index (Phi) is 7.17. The molecule has 0 saturated carbocycles. The third kappa shape index (κ3) is 6.07. The molecule has 0 aliphatic carbocycles. The maximum Gasteiger partial charge on any atom is 0.0727 e. The predicted octanol–water partition coefficient (Wildman–Crippen LogP) is 3.75. The lowest BCUT2D eigenvalue weighted by Gasteiger charge is -2.21. The summed E-state index contributed by atoms with van der Waals surface area (Å²) in [5.41, 5.74) is 1.36. The average Bonchev–Trinajstić information content (AvgIpc) is 2.80. The van der Waals surface area contributed by atoms with Crippen LogP contribution >= 0.6 is 11.3 Å². The summed E-state index contributed by atoms with van der Waals surface area (Å²) >= 11 is 1.89. The Balaban J connectivity index is 1.71. The fraction of sp³-hybridized carbons (Fsp3) is 0.765. The average molecular weight is 311 g/mol. The van der Waals surface area contributed by atoms with Gasteiger partial charge in [0.05, 0.1) is 13.2 Å². The predicted molar refractivity (Wildman–Crippen MR) is 88.8 cm³/mol. The third-order valence-corrected chi connectivity index (χ3v) is 4.97. The molecule has 3 nitrogen and oxygen atoms in total. The normalized spacial score (nSPS) is 16.8. The van der Waals surface area contributed by atoms with Crippen molar-refractivity contribution in [3.8, 4) is 0 Å². The van der Waals surface area contributed by atoms with Crippen LogP contribution in [0.5, 0.6) is 0 Å². The van der Waals surface area contributed by atoms with E-state index in [-0.39, 0.29) is 0 Å². The SMILES string of the molecule is Cc1sc(CNCC(C)C)cc1COCC1CCOCC1. The summed E-state index contributed by atoms with van der Waals surface area (Å²) in [5.74, 6) is 1.39. The highest BCUT2D eigenvalue weighted by Crippen LogP contribution is 2.23. The maximum atomic E-state index is 5.93. The summed E-state index contributed by atoms with van der Waals surface area (Å²) in [4.78, 5) is 2.81. The lowest BCUT2D eigenvalue weighted by atomic mass is 10.0. The van der Waals surface area contributed by atoms with Crippen LogP contribution in [0.2, 0.25) is 0 Å². The molecule has 0 aromatic carbocycles. The van der Waals surface area contributed by atoms with Crippen LogP contribution < -0.4 is 5.32 Å². The van der Waals surface area contributed by atoms with E-state index in [0.717, 1.165) is 52.4 Å². The summed E-state index contributed by atoms with van der Waals surface area (Å²) in [6, 6.07) is 2.30. The number of thiophene rings is 1. The Bertz CT molecular complexity index is 411. The van der Waals surface area contributed by atoms with E-state index in [0.29, 0.717) is 11.8 Å². The summed E-state index contributed by atoms with van der Waals surface area (Å²) in [6.07, 6.45) is 2.29. The number of ether oxygens (including phenoxy) is 2. The molecule has 4 heteroatoms. The molecule has 1 saturated heterocycles. The minimum atomic E-state index is 0.685. The Morgan fingerprint density at radius 2 is 2.14 bits per heavy atom. The van der Waals surface area contributed by atoms with Crippen molar-refractivity contribution in [2.24, 2.45) is 11.8 Å². The molecule has 1 N–H and O–H groups in total. The molecule has 1 aliphatic rings. The first-order valence-electron chi connectivity index (χ1n) is 8.09. The zero-order chi connectivity index (χ0) is 15.1. The Morgan fingerprint density at radius 1 is 1.38 bits per heavy atom. The van der Waals surface area contributed by atoms with E-state index in [1.807, 2.05) is 11.3 Å². The van der Waals surface area contributed by atoms with Gasteiger partial charge in [0.15, 0.2) is 0 Å². The van der Waals surface area contributed by atoms with E-state index >= 15 is 0 Å². The molecular weight excluding hydrogens is 282 g/mol. The molecule has 0 bridgehead atoms. The van der Waals surface area contributed by atoms with E-state index < -0.39 is 0 Å². The van der Waals surface area contributed by atoms with Crippen LogP contribution in [-0.2, 0) is 22.6 Å². The van der Waals surface area contributed by atoms with Crippen LogP contribution in [0.25, 0.3) is 0 Å². The van der Waals surface area contributed by atoms with Crippen LogP contribution in [-0.4, -0.2) is 26.4 Å². The Labute approximate surface area is 133 Å². The molecule has 1 aromatic heterocycles. The molecule has 1 aromatic rings. The molecule has 2 heterocycles. The highest BCUT2D eigenvalue weighted by molar-refractivity contribution is 7.12. The first-order chi connectivity index (χ1) is 10.1. The molecular formula is C17H29NO2S. The third-order valence-electron chi connectivity index (χ3n) is 3.88. The van der Waals surface area contributed by atoms with E-state index in [1.54, 1.807) is 0 Å². The van der Waals surface area contributed by atoms with Gasteiger partial charge in [-0.1, -0.05) is 13.8 Å². The van der Waals surface area contributed by atoms with Crippen LogP contribution in [0.3, 0.4) is 0 Å². The fourth-order valence-corrected chi connectivity index (χ4v) is 3.57. The molecule has 0 atom stereocenters. The van der Waals surface area contributed by atoms with Gasteiger partial charge < -0.3 is 14.8 Å². The van der Waals surface area contributed by atoms with Crippen LogP contribution in [0.4, 0.5) is 0 Å². The van der Waals surface area contributed by atoms with Crippen LogP contribution in [0.15, 0.2) is 6.07 Å². The monoisotopic (exact) mass is 311 g/mol. The molecule has 0 unspecified atom stereocenters. The van der Waals surface area contributed by atoms with Crippen molar-refractivity contribution in [1.29, 1.82) is 0 Å². The van der Waals surface area contributed by atoms with E-state index in [9.17, 15) is 0 Å². The molecule has 0 radical (unpaired) electrons. The standard InChI is InChI=1S/C17H29NO2S/c1-13(2)9-18-10-17-8-16(14(3)21-17)12-20-11-15-4-6-19-7-5-15/h8,13,15,18H,4-7,9-12H2,1-3H3. The van der Waals surface area contributed by atoms with Crippen molar-refractivity contribution in [3.05, 3.63) is 21.4 Å². The second-order valence-corrected chi connectivity index (χ2v) is 7.73. The fourth-order valence-electron chi connectivity index (χ4n) is 2.55. The first-order valence-corrected chi connectivity index (χ1v) is 8.91. The van der Waals surface area contributed by atoms with Crippen molar-refractivity contribution in [2.75, 3.05) is 26.4 Å². The molecule has 1 fully saturated rings. The summed E-state index contributed by atoms with van der Waals surface area (Å²) in [6.45, 7) is 12.2. The van der Waals surface area contributed by atoms with Gasteiger partial charge in [-0.25, -0.2) is 0 Å². The Hall–Kier alpha value is -0.420. The number of hydrogen-bond donors (Lipinski definition) is 1. The van der Waals surface area contributed by atoms with Crippen molar-refractivity contribution in [2.45, 2.75) is 46.8 Å². The van der Waals surface area contributed by atoms with Gasteiger partial charge in [0, 0.05) is 29.5 Å². The molecule has 1 aliphatic heterocycles. The maximum absolute atomic E-state index is 5.93. The van der Waals surface area contributed by atoms with Gasteiger partial charge in [0.2, 0.25) is 0 Å². The largest absolute Gasteiger partial charge is 0.381 e. The quantitative estimate of drug-likeness (QED) is 0.793. The molecule has 2 rings (SSSR count). The highest BCUT2D eigenvalue weighted by atomic mass is 32.1. The van der Waals surface area contributed by atoms with Gasteiger partial charge >= 0.3 is 0 Å². The van der Waals surface area contributed by atoms with Crippen molar-refractivity contribution < 1.29 is 9.47 Å². The molecule has 21 heavy (non-hydrogen) atoms. The van der Waals surface area contributed by atoms with Gasteiger partial charge in [-0.2, -0.15) is 0 Å². The zero-order valence-corrected chi connectivity index (χ0v) is 14.4. The lowest BCUT2D eigenvalue weighted by molar-refractivity contribution is 0.0157. The summed E-state index contributed by atoms with van der Waals surface area (Å²) < 4.78 is 11.3. The summed E-state index contributed by atoms with van der Waals surface area (Å²) in [7, 11) is 0. The Morgan fingerprint density at radius 3 is 2.86 bits per heavy atom. The second kappa shape index (κ2) is 8.89. The van der Waals surface area contributed by atoms with Crippen molar-refractivity contribution in [3.63, 3.8) is 0 Å². The van der Waals surface area contributed by atoms with Crippen LogP contribution in [0.1, 0.15) is 42.0 Å². The van der Waals surface area contributed by atoms with E-state index in [4.69, 9.17) is 9.47 Å². The van der Waals surface area contributed by atoms with Gasteiger partial charge in [-0.3, -0.25) is 0 Å². The van der Waals surface area contributed by atoms with Crippen LogP contribution in [0, 0.1) is 18.8 Å². The molecule has 0 amide bonds. The van der Waals surface area contributed by atoms with E-state index in [2.05, 4.69) is 32.2 Å². The van der Waals surface area contributed by atoms with Gasteiger partial charge in [0.25, 0.3) is 0 Å². The van der Waals surface area contributed by atoms with E-state index in [1.165, 1.54) is 15.3 Å². The first kappa shape index (κ1) is 16.9. The molecule has 120 valence electrons. The topological polar surface area (TPSA) is 30.5 Å². The van der Waals surface area contributed by atoms with Gasteiger partial charge in [0.1, 0.15) is 0 Å². The second-order valence-electron chi connectivity index (χ2n) is 6.39. The lowest BCUT2D eigenvalue weighted by Crippen LogP contribution is -2.20. The smallest absolute Gasteiger partial charge is 0.0727 e.